The Morgan fingerprint density at radius 3 is 2.88 bits per heavy atom. The van der Waals surface area contributed by atoms with E-state index in [-0.39, 0.29) is 18.6 Å². The monoisotopic (exact) mass is 216 g/mol. The maximum Gasteiger partial charge on any atom is 0.158 e. The molecule has 0 unspecified atom stereocenters. The van der Waals surface area contributed by atoms with Gasteiger partial charge in [-0.15, -0.1) is 0 Å². The summed E-state index contributed by atoms with van der Waals surface area (Å²) in [5, 5.41) is 20.7. The van der Waals surface area contributed by atoms with Crippen LogP contribution in [0.3, 0.4) is 0 Å². The Morgan fingerprint density at radius 1 is 1.44 bits per heavy atom. The number of hydrogen-bond acceptors (Lipinski definition) is 5. The minimum absolute atomic E-state index is 0.174. The molecule has 0 radical (unpaired) electrons. The van der Waals surface area contributed by atoms with E-state index < -0.39 is 0 Å². The van der Waals surface area contributed by atoms with Crippen LogP contribution in [0, 0.1) is 17.2 Å². The van der Waals surface area contributed by atoms with Gasteiger partial charge in [0.2, 0.25) is 0 Å². The van der Waals surface area contributed by atoms with Crippen LogP contribution in [0.1, 0.15) is 12.1 Å². The molecule has 0 saturated carbocycles. The summed E-state index contributed by atoms with van der Waals surface area (Å²) in [5.74, 6) is 0.871. The molecular formula is C11H12N4O. The lowest BCUT2D eigenvalue weighted by molar-refractivity contribution is 0.250. The van der Waals surface area contributed by atoms with E-state index in [1.165, 1.54) is 6.20 Å². The van der Waals surface area contributed by atoms with Gasteiger partial charge in [0.25, 0.3) is 0 Å². The molecule has 5 heteroatoms. The van der Waals surface area contributed by atoms with E-state index in [1.807, 2.05) is 18.2 Å². The molecule has 2 N–H and O–H groups in total. The first-order valence-electron chi connectivity index (χ1n) is 5.09. The molecule has 0 bridgehead atoms. The van der Waals surface area contributed by atoms with Gasteiger partial charge in [0, 0.05) is 18.6 Å². The van der Waals surface area contributed by atoms with Crippen molar-refractivity contribution in [2.75, 3.05) is 11.9 Å². The van der Waals surface area contributed by atoms with Gasteiger partial charge in [-0.2, -0.15) is 5.26 Å². The van der Waals surface area contributed by atoms with Crippen molar-refractivity contribution in [3.05, 3.63) is 30.2 Å². The molecule has 1 aromatic heterocycles. The van der Waals surface area contributed by atoms with Crippen molar-refractivity contribution in [3.8, 4) is 6.07 Å². The van der Waals surface area contributed by atoms with E-state index in [1.54, 1.807) is 6.20 Å². The fourth-order valence-electron chi connectivity index (χ4n) is 1.67. The van der Waals surface area contributed by atoms with E-state index in [9.17, 15) is 0 Å². The lowest BCUT2D eigenvalue weighted by atomic mass is 10.1. The standard InChI is InChI=1S/C11H12N4O/c12-4-10-5-14-11(6-13-10)15-9-2-1-8(3-9)7-16/h1-2,5-6,8-9,16H,3,7H2,(H,14,15)/t8-,9+/m1/s1. The summed E-state index contributed by atoms with van der Waals surface area (Å²) in [4.78, 5) is 7.99. The number of aromatic nitrogens is 2. The van der Waals surface area contributed by atoms with Gasteiger partial charge in [-0.05, 0) is 6.42 Å². The second-order valence-electron chi connectivity index (χ2n) is 3.71. The Bertz CT molecular complexity index is 421. The van der Waals surface area contributed by atoms with Gasteiger partial charge in [-0.3, -0.25) is 0 Å². The predicted molar refractivity (Wildman–Crippen MR) is 58.5 cm³/mol. The largest absolute Gasteiger partial charge is 0.396 e. The average Bonchev–Trinajstić information content (AvgIpc) is 2.78. The molecule has 0 saturated heterocycles. The quantitative estimate of drug-likeness (QED) is 0.727. The molecule has 82 valence electrons. The van der Waals surface area contributed by atoms with Crippen molar-refractivity contribution in [3.63, 3.8) is 0 Å². The second kappa shape index (κ2) is 4.73. The molecule has 16 heavy (non-hydrogen) atoms. The molecule has 1 aliphatic rings. The van der Waals surface area contributed by atoms with Gasteiger partial charge in [0.1, 0.15) is 11.9 Å². The van der Waals surface area contributed by atoms with Crippen molar-refractivity contribution in [2.45, 2.75) is 12.5 Å². The third-order valence-electron chi connectivity index (χ3n) is 2.51. The van der Waals surface area contributed by atoms with Crippen molar-refractivity contribution in [1.82, 2.24) is 9.97 Å². The topological polar surface area (TPSA) is 81.8 Å². The van der Waals surface area contributed by atoms with Crippen LogP contribution >= 0.6 is 0 Å². The summed E-state index contributed by atoms with van der Waals surface area (Å²) >= 11 is 0. The highest BCUT2D eigenvalue weighted by Gasteiger charge is 2.17. The average molecular weight is 216 g/mol. The Balaban J connectivity index is 1.95. The Hall–Kier alpha value is -1.93. The number of aliphatic hydroxyl groups is 1. The zero-order valence-electron chi connectivity index (χ0n) is 8.67. The minimum atomic E-state index is 0.174. The van der Waals surface area contributed by atoms with Crippen molar-refractivity contribution in [1.29, 1.82) is 5.26 Å². The number of nitrogens with zero attached hydrogens (tertiary/aromatic N) is 3. The maximum atomic E-state index is 8.98. The van der Waals surface area contributed by atoms with Crippen molar-refractivity contribution >= 4 is 5.82 Å². The lowest BCUT2D eigenvalue weighted by Gasteiger charge is -2.12. The fourth-order valence-corrected chi connectivity index (χ4v) is 1.67. The number of rotatable bonds is 3. The molecular weight excluding hydrogens is 204 g/mol. The maximum absolute atomic E-state index is 8.98. The summed E-state index contributed by atoms with van der Waals surface area (Å²) < 4.78 is 0. The zero-order chi connectivity index (χ0) is 11.4. The Labute approximate surface area is 93.5 Å². The number of nitriles is 1. The van der Waals surface area contributed by atoms with Gasteiger partial charge < -0.3 is 10.4 Å². The highest BCUT2D eigenvalue weighted by atomic mass is 16.3. The Kier molecular flexibility index (Phi) is 3.13. The number of hydrogen-bond donors (Lipinski definition) is 2. The molecule has 2 rings (SSSR count). The van der Waals surface area contributed by atoms with Gasteiger partial charge in [0.05, 0.1) is 12.4 Å². The fraction of sp³-hybridized carbons (Fsp3) is 0.364. The third-order valence-corrected chi connectivity index (χ3v) is 2.51. The van der Waals surface area contributed by atoms with Crippen LogP contribution in [0.15, 0.2) is 24.5 Å². The Morgan fingerprint density at radius 2 is 2.31 bits per heavy atom. The van der Waals surface area contributed by atoms with E-state index >= 15 is 0 Å². The first-order chi connectivity index (χ1) is 7.81. The van der Waals surface area contributed by atoms with E-state index in [0.717, 1.165) is 6.42 Å². The molecule has 2 atom stereocenters. The van der Waals surface area contributed by atoms with Gasteiger partial charge in [-0.1, -0.05) is 12.2 Å². The molecule has 0 aliphatic heterocycles. The van der Waals surface area contributed by atoms with Crippen LogP contribution in [0.5, 0.6) is 0 Å². The van der Waals surface area contributed by atoms with Crippen LogP contribution in [0.25, 0.3) is 0 Å². The number of anilines is 1. The summed E-state index contributed by atoms with van der Waals surface area (Å²) in [6.45, 7) is 0.174. The minimum Gasteiger partial charge on any atom is -0.396 e. The summed E-state index contributed by atoms with van der Waals surface area (Å²) in [6, 6.07) is 2.10. The normalized spacial score (nSPS) is 23.0. The van der Waals surface area contributed by atoms with Gasteiger partial charge in [0.15, 0.2) is 5.69 Å². The van der Waals surface area contributed by atoms with Crippen LogP contribution in [0.4, 0.5) is 5.82 Å². The van der Waals surface area contributed by atoms with Crippen LogP contribution in [0.2, 0.25) is 0 Å². The second-order valence-corrected chi connectivity index (χ2v) is 3.71. The molecule has 0 aromatic carbocycles. The first kappa shape index (κ1) is 10.6. The van der Waals surface area contributed by atoms with Gasteiger partial charge >= 0.3 is 0 Å². The number of nitrogens with one attached hydrogen (secondary N) is 1. The highest BCUT2D eigenvalue weighted by Crippen LogP contribution is 2.19. The molecule has 0 amide bonds. The summed E-state index contributed by atoms with van der Waals surface area (Å²) in [6.07, 6.45) is 7.84. The molecule has 5 nitrogen and oxygen atoms in total. The molecule has 1 aromatic rings. The van der Waals surface area contributed by atoms with Crippen LogP contribution in [-0.4, -0.2) is 27.7 Å². The smallest absolute Gasteiger partial charge is 0.158 e. The lowest BCUT2D eigenvalue weighted by Crippen LogP contribution is -2.17. The zero-order valence-corrected chi connectivity index (χ0v) is 8.67. The predicted octanol–water partition coefficient (Wildman–Crippen LogP) is 0.697. The van der Waals surface area contributed by atoms with Gasteiger partial charge in [-0.25, -0.2) is 9.97 Å². The van der Waals surface area contributed by atoms with E-state index in [2.05, 4.69) is 15.3 Å². The van der Waals surface area contributed by atoms with Crippen LogP contribution < -0.4 is 5.32 Å². The summed E-state index contributed by atoms with van der Waals surface area (Å²) in [5.41, 5.74) is 0.306. The van der Waals surface area contributed by atoms with Crippen LogP contribution in [-0.2, 0) is 0 Å². The molecule has 0 spiro atoms. The summed E-state index contributed by atoms with van der Waals surface area (Å²) in [7, 11) is 0. The SMILES string of the molecule is N#Cc1cnc(N[C@H]2C=C[C@@H](CO)C2)cn1. The van der Waals surface area contributed by atoms with Crippen molar-refractivity contribution in [2.24, 2.45) is 5.92 Å². The third kappa shape index (κ3) is 2.35. The molecule has 0 fully saturated rings. The van der Waals surface area contributed by atoms with Crippen molar-refractivity contribution < 1.29 is 5.11 Å². The molecule has 1 aliphatic carbocycles. The highest BCUT2D eigenvalue weighted by molar-refractivity contribution is 5.36. The first-order valence-corrected chi connectivity index (χ1v) is 5.09. The van der Waals surface area contributed by atoms with E-state index in [4.69, 9.17) is 10.4 Å². The van der Waals surface area contributed by atoms with E-state index in [0.29, 0.717) is 11.5 Å². The number of aliphatic hydroxyl groups excluding tert-OH is 1. The molecule has 1 heterocycles.